The molecule has 0 saturated carbocycles. The number of pyridine rings is 1. The Labute approximate surface area is 189 Å². The summed E-state index contributed by atoms with van der Waals surface area (Å²) in [5.74, 6) is -0.427. The third-order valence-electron chi connectivity index (χ3n) is 6.39. The molecule has 168 valence electrons. The Kier molecular flexibility index (Phi) is 7.02. The Hall–Kier alpha value is -2.96. The largest absolute Gasteiger partial charge is 0.368 e. The van der Waals surface area contributed by atoms with E-state index in [1.807, 2.05) is 28.8 Å². The van der Waals surface area contributed by atoms with E-state index in [9.17, 15) is 9.59 Å². The average Bonchev–Trinajstić information content (AvgIpc) is 2.83. The number of nitrogens with one attached hydrogen (secondary N) is 1. The molecule has 32 heavy (non-hydrogen) atoms. The molecule has 1 amide bonds. The van der Waals surface area contributed by atoms with E-state index < -0.39 is 11.9 Å². The number of carbonyl (C=O) groups is 1. The van der Waals surface area contributed by atoms with Gasteiger partial charge in [-0.05, 0) is 61.5 Å². The number of carbonyl (C=O) groups excluding carboxylic acids is 1. The van der Waals surface area contributed by atoms with Crippen molar-refractivity contribution in [2.24, 2.45) is 5.73 Å². The van der Waals surface area contributed by atoms with Crippen LogP contribution < -0.4 is 16.6 Å². The molecule has 1 aromatic heterocycles. The summed E-state index contributed by atoms with van der Waals surface area (Å²) < 4.78 is 1.91. The molecular formula is C26H32N4O2. The summed E-state index contributed by atoms with van der Waals surface area (Å²) >= 11 is 0. The van der Waals surface area contributed by atoms with Crippen LogP contribution in [-0.4, -0.2) is 41.1 Å². The van der Waals surface area contributed by atoms with Crippen molar-refractivity contribution in [3.05, 3.63) is 70.5 Å². The van der Waals surface area contributed by atoms with Crippen molar-refractivity contribution in [3.63, 3.8) is 0 Å². The minimum Gasteiger partial charge on any atom is -0.368 e. The zero-order valence-electron chi connectivity index (χ0n) is 18.7. The van der Waals surface area contributed by atoms with Crippen LogP contribution in [0.15, 0.2) is 59.4 Å². The molecule has 0 radical (unpaired) electrons. The summed E-state index contributed by atoms with van der Waals surface area (Å²) in [5.41, 5.74) is 9.18. The van der Waals surface area contributed by atoms with Gasteiger partial charge >= 0.3 is 0 Å². The number of nitrogens with zero attached hydrogens (tertiary/aromatic N) is 2. The predicted octanol–water partition coefficient (Wildman–Crippen LogP) is 3.12. The van der Waals surface area contributed by atoms with Crippen LogP contribution in [0.3, 0.4) is 0 Å². The number of fused-ring (bicyclic) bond motifs is 1. The standard InChI is InChI=1S/C26H32N4O2/c1-19(25(27)31)28-18-23-16-22-11-10-21(20-8-4-2-5-9-20)17-24(22)30(26(23)32)15-14-29-12-6-3-7-13-29/h2,4-5,8-11,16-17,19,28H,3,6-7,12-15,18H2,1H3,(H2,27,31)/t19-/m0/s1. The van der Waals surface area contributed by atoms with Gasteiger partial charge in [0.25, 0.3) is 5.56 Å². The lowest BCUT2D eigenvalue weighted by molar-refractivity contribution is -0.119. The van der Waals surface area contributed by atoms with Crippen LogP contribution in [0, 0.1) is 0 Å². The molecule has 0 bridgehead atoms. The van der Waals surface area contributed by atoms with E-state index in [0.29, 0.717) is 18.7 Å². The first-order valence-electron chi connectivity index (χ1n) is 11.5. The van der Waals surface area contributed by atoms with Crippen LogP contribution in [0.5, 0.6) is 0 Å². The highest BCUT2D eigenvalue weighted by Gasteiger charge is 2.15. The molecule has 6 nitrogen and oxygen atoms in total. The van der Waals surface area contributed by atoms with Gasteiger partial charge in [-0.3, -0.25) is 9.59 Å². The summed E-state index contributed by atoms with van der Waals surface area (Å²) in [6.45, 7) is 5.72. The summed E-state index contributed by atoms with van der Waals surface area (Å²) in [6.07, 6.45) is 3.74. The zero-order chi connectivity index (χ0) is 22.5. The van der Waals surface area contributed by atoms with Crippen molar-refractivity contribution in [3.8, 4) is 11.1 Å². The second-order valence-electron chi connectivity index (χ2n) is 8.67. The zero-order valence-corrected chi connectivity index (χ0v) is 18.7. The lowest BCUT2D eigenvalue weighted by atomic mass is 10.0. The lowest BCUT2D eigenvalue weighted by Gasteiger charge is -2.27. The van der Waals surface area contributed by atoms with Gasteiger partial charge < -0.3 is 20.5 Å². The first kappa shape index (κ1) is 22.2. The van der Waals surface area contributed by atoms with Gasteiger partial charge in [0, 0.05) is 25.2 Å². The predicted molar refractivity (Wildman–Crippen MR) is 129 cm³/mol. The number of hydrogen-bond acceptors (Lipinski definition) is 4. The fourth-order valence-electron chi connectivity index (χ4n) is 4.38. The molecule has 3 aromatic rings. The summed E-state index contributed by atoms with van der Waals surface area (Å²) in [5, 5.41) is 4.10. The normalized spacial score (nSPS) is 15.7. The molecule has 1 aliphatic rings. The number of likely N-dealkylation sites (tertiary alicyclic amines) is 1. The molecule has 6 heteroatoms. The van der Waals surface area contributed by atoms with E-state index in [4.69, 9.17) is 5.73 Å². The van der Waals surface area contributed by atoms with Crippen LogP contribution in [0.1, 0.15) is 31.7 Å². The Morgan fingerprint density at radius 1 is 1.00 bits per heavy atom. The van der Waals surface area contributed by atoms with Gasteiger partial charge in [-0.1, -0.05) is 48.9 Å². The van der Waals surface area contributed by atoms with E-state index in [2.05, 4.69) is 40.5 Å². The molecule has 1 saturated heterocycles. The van der Waals surface area contributed by atoms with E-state index in [1.165, 1.54) is 19.3 Å². The highest BCUT2D eigenvalue weighted by Crippen LogP contribution is 2.24. The van der Waals surface area contributed by atoms with Crippen molar-refractivity contribution < 1.29 is 4.79 Å². The highest BCUT2D eigenvalue weighted by molar-refractivity contribution is 5.85. The van der Waals surface area contributed by atoms with E-state index in [-0.39, 0.29) is 5.56 Å². The second kappa shape index (κ2) is 10.1. The van der Waals surface area contributed by atoms with Crippen molar-refractivity contribution in [1.29, 1.82) is 0 Å². The summed E-state index contributed by atoms with van der Waals surface area (Å²) in [4.78, 5) is 27.3. The number of amides is 1. The third-order valence-corrected chi connectivity index (χ3v) is 6.39. The maximum Gasteiger partial charge on any atom is 0.255 e. The van der Waals surface area contributed by atoms with E-state index >= 15 is 0 Å². The fourth-order valence-corrected chi connectivity index (χ4v) is 4.38. The van der Waals surface area contributed by atoms with Gasteiger partial charge in [0.05, 0.1) is 11.6 Å². The number of rotatable bonds is 8. The molecule has 0 spiro atoms. The number of nitrogens with two attached hydrogens (primary N) is 1. The molecule has 0 aliphatic carbocycles. The first-order valence-corrected chi connectivity index (χ1v) is 11.5. The quantitative estimate of drug-likeness (QED) is 0.573. The van der Waals surface area contributed by atoms with Crippen LogP contribution in [-0.2, 0) is 17.9 Å². The molecule has 2 aromatic carbocycles. The summed E-state index contributed by atoms with van der Waals surface area (Å²) in [6, 6.07) is 18.0. The Balaban J connectivity index is 1.71. The molecule has 1 atom stereocenters. The average molecular weight is 433 g/mol. The monoisotopic (exact) mass is 432 g/mol. The van der Waals surface area contributed by atoms with Gasteiger partial charge in [-0.2, -0.15) is 0 Å². The summed E-state index contributed by atoms with van der Waals surface area (Å²) in [7, 11) is 0. The number of primary amides is 1. The minimum atomic E-state index is -0.493. The minimum absolute atomic E-state index is 0.0103. The van der Waals surface area contributed by atoms with Gasteiger partial charge in [-0.15, -0.1) is 0 Å². The SMILES string of the molecule is C[C@H](NCc1cc2ccc(-c3ccccc3)cc2n(CCN2CCCCC2)c1=O)C(N)=O. The molecular weight excluding hydrogens is 400 g/mol. The number of piperidine rings is 1. The maximum absolute atomic E-state index is 13.5. The van der Waals surface area contributed by atoms with Crippen LogP contribution in [0.4, 0.5) is 0 Å². The molecule has 1 fully saturated rings. The van der Waals surface area contributed by atoms with Crippen LogP contribution in [0.2, 0.25) is 0 Å². The second-order valence-corrected chi connectivity index (χ2v) is 8.67. The van der Waals surface area contributed by atoms with Gasteiger partial charge in [0.1, 0.15) is 0 Å². The molecule has 2 heterocycles. The number of benzene rings is 2. The van der Waals surface area contributed by atoms with Crippen molar-refractivity contribution in [1.82, 2.24) is 14.8 Å². The van der Waals surface area contributed by atoms with E-state index in [0.717, 1.165) is 41.7 Å². The maximum atomic E-state index is 13.5. The molecule has 0 unspecified atom stereocenters. The Morgan fingerprint density at radius 2 is 1.75 bits per heavy atom. The van der Waals surface area contributed by atoms with Crippen molar-refractivity contribution in [2.75, 3.05) is 19.6 Å². The fraction of sp³-hybridized carbons (Fsp3) is 0.385. The number of hydrogen-bond donors (Lipinski definition) is 2. The molecule has 3 N–H and O–H groups in total. The Morgan fingerprint density at radius 3 is 2.47 bits per heavy atom. The molecule has 1 aliphatic heterocycles. The lowest BCUT2D eigenvalue weighted by Crippen LogP contribution is -2.40. The van der Waals surface area contributed by atoms with Crippen LogP contribution in [0.25, 0.3) is 22.0 Å². The smallest absolute Gasteiger partial charge is 0.255 e. The van der Waals surface area contributed by atoms with Gasteiger partial charge in [0.2, 0.25) is 5.91 Å². The van der Waals surface area contributed by atoms with Crippen molar-refractivity contribution in [2.45, 2.75) is 45.3 Å². The van der Waals surface area contributed by atoms with E-state index in [1.54, 1.807) is 6.92 Å². The van der Waals surface area contributed by atoms with Gasteiger partial charge in [0.15, 0.2) is 0 Å². The topological polar surface area (TPSA) is 80.4 Å². The Bertz CT molecular complexity index is 1130. The molecule has 4 rings (SSSR count). The highest BCUT2D eigenvalue weighted by atomic mass is 16.1. The third kappa shape index (κ3) is 5.09. The van der Waals surface area contributed by atoms with Crippen LogP contribution >= 0.6 is 0 Å². The van der Waals surface area contributed by atoms with Crippen molar-refractivity contribution >= 4 is 16.8 Å². The van der Waals surface area contributed by atoms with Gasteiger partial charge in [-0.25, -0.2) is 0 Å². The number of aromatic nitrogens is 1. The first-order chi connectivity index (χ1) is 15.5.